The number of hydrogen-bond acceptors (Lipinski definition) is 4. The van der Waals surface area contributed by atoms with Crippen LogP contribution in [0.4, 0.5) is 10.5 Å². The molecule has 24 heavy (non-hydrogen) atoms. The van der Waals surface area contributed by atoms with Crippen molar-refractivity contribution in [1.82, 2.24) is 9.88 Å². The Labute approximate surface area is 149 Å². The van der Waals surface area contributed by atoms with Gasteiger partial charge in [0.25, 0.3) is 0 Å². The number of pyridine rings is 1. The molecule has 0 atom stereocenters. The molecular weight excluding hydrogens is 353 g/mol. The van der Waals surface area contributed by atoms with Gasteiger partial charge in [0.05, 0.1) is 30.9 Å². The van der Waals surface area contributed by atoms with E-state index in [0.29, 0.717) is 40.5 Å². The highest BCUT2D eigenvalue weighted by Gasteiger charge is 2.33. The third-order valence-corrected chi connectivity index (χ3v) is 3.98. The highest BCUT2D eigenvalue weighted by Crippen LogP contribution is 2.28. The van der Waals surface area contributed by atoms with Crippen LogP contribution in [0.3, 0.4) is 0 Å². The smallest absolute Gasteiger partial charge is 0.322 e. The third-order valence-electron chi connectivity index (χ3n) is 3.53. The molecule has 0 spiro atoms. The summed E-state index contributed by atoms with van der Waals surface area (Å²) in [6.45, 7) is 0.943. The first-order chi connectivity index (χ1) is 11.5. The van der Waals surface area contributed by atoms with Crippen LogP contribution in [0.25, 0.3) is 0 Å². The number of benzene rings is 1. The molecule has 2 amide bonds. The van der Waals surface area contributed by atoms with E-state index in [1.807, 2.05) is 0 Å². The van der Waals surface area contributed by atoms with Gasteiger partial charge in [-0.15, -0.1) is 0 Å². The molecule has 2 heterocycles. The lowest BCUT2D eigenvalue weighted by molar-refractivity contribution is 0.0461. The third kappa shape index (κ3) is 3.83. The van der Waals surface area contributed by atoms with Gasteiger partial charge in [-0.25, -0.2) is 9.78 Å². The first-order valence-corrected chi connectivity index (χ1v) is 7.98. The van der Waals surface area contributed by atoms with Crippen molar-refractivity contribution >= 4 is 34.9 Å². The number of carbonyl (C=O) groups excluding carboxylic acids is 1. The SMILES string of the molecule is COc1ccc(Cl)cc1NC(=O)N1CC(Oc2ccc(Cl)cn2)C1. The van der Waals surface area contributed by atoms with Crippen molar-refractivity contribution in [3.05, 3.63) is 46.6 Å². The zero-order valence-electron chi connectivity index (χ0n) is 12.8. The maximum Gasteiger partial charge on any atom is 0.322 e. The molecule has 0 aliphatic carbocycles. The number of methoxy groups -OCH3 is 1. The summed E-state index contributed by atoms with van der Waals surface area (Å²) in [5, 5.41) is 3.85. The second-order valence-electron chi connectivity index (χ2n) is 5.23. The Morgan fingerprint density at radius 3 is 2.67 bits per heavy atom. The predicted molar refractivity (Wildman–Crippen MR) is 92.3 cm³/mol. The number of anilines is 1. The fraction of sp³-hybridized carbons (Fsp3) is 0.250. The molecule has 1 aromatic heterocycles. The number of hydrogen-bond donors (Lipinski definition) is 1. The topological polar surface area (TPSA) is 63.7 Å². The van der Waals surface area contributed by atoms with Gasteiger partial charge >= 0.3 is 6.03 Å². The Balaban J connectivity index is 1.53. The van der Waals surface area contributed by atoms with Crippen LogP contribution in [-0.4, -0.2) is 42.2 Å². The molecule has 1 aromatic carbocycles. The molecule has 0 saturated carbocycles. The van der Waals surface area contributed by atoms with Gasteiger partial charge in [-0.05, 0) is 24.3 Å². The number of urea groups is 1. The summed E-state index contributed by atoms with van der Waals surface area (Å²) in [5.41, 5.74) is 0.527. The van der Waals surface area contributed by atoms with E-state index in [2.05, 4.69) is 10.3 Å². The van der Waals surface area contributed by atoms with E-state index in [9.17, 15) is 4.79 Å². The van der Waals surface area contributed by atoms with Gasteiger partial charge in [-0.1, -0.05) is 23.2 Å². The average molecular weight is 368 g/mol. The number of likely N-dealkylation sites (tertiary alicyclic amines) is 1. The van der Waals surface area contributed by atoms with E-state index >= 15 is 0 Å². The molecule has 2 aromatic rings. The molecule has 1 fully saturated rings. The van der Waals surface area contributed by atoms with Crippen molar-refractivity contribution in [2.24, 2.45) is 0 Å². The van der Waals surface area contributed by atoms with Crippen molar-refractivity contribution in [2.45, 2.75) is 6.10 Å². The molecule has 0 bridgehead atoms. The largest absolute Gasteiger partial charge is 0.495 e. The number of carbonyl (C=O) groups is 1. The summed E-state index contributed by atoms with van der Waals surface area (Å²) in [5.74, 6) is 1.03. The van der Waals surface area contributed by atoms with Crippen LogP contribution in [0.1, 0.15) is 0 Å². The highest BCUT2D eigenvalue weighted by molar-refractivity contribution is 6.31. The van der Waals surface area contributed by atoms with Crippen LogP contribution in [0.2, 0.25) is 10.0 Å². The second-order valence-corrected chi connectivity index (χ2v) is 6.11. The maximum atomic E-state index is 12.2. The summed E-state index contributed by atoms with van der Waals surface area (Å²) < 4.78 is 10.9. The van der Waals surface area contributed by atoms with E-state index in [1.165, 1.54) is 13.3 Å². The number of nitrogens with zero attached hydrogens (tertiary/aromatic N) is 2. The van der Waals surface area contributed by atoms with Gasteiger partial charge in [0, 0.05) is 17.3 Å². The summed E-state index contributed by atoms with van der Waals surface area (Å²) in [6, 6.07) is 8.21. The minimum absolute atomic E-state index is 0.0920. The van der Waals surface area contributed by atoms with E-state index < -0.39 is 0 Å². The number of aromatic nitrogens is 1. The molecule has 0 radical (unpaired) electrons. The normalized spacial score (nSPS) is 14.0. The number of nitrogens with one attached hydrogen (secondary N) is 1. The van der Waals surface area contributed by atoms with Gasteiger partial charge < -0.3 is 19.7 Å². The predicted octanol–water partition coefficient (Wildman–Crippen LogP) is 3.69. The number of amides is 2. The van der Waals surface area contributed by atoms with Crippen molar-refractivity contribution < 1.29 is 14.3 Å². The molecule has 1 N–H and O–H groups in total. The fourth-order valence-corrected chi connectivity index (χ4v) is 2.54. The summed E-state index contributed by atoms with van der Waals surface area (Å²) in [7, 11) is 1.53. The number of ether oxygens (including phenoxy) is 2. The lowest BCUT2D eigenvalue weighted by Crippen LogP contribution is -2.57. The first-order valence-electron chi connectivity index (χ1n) is 7.23. The summed E-state index contributed by atoms with van der Waals surface area (Å²) in [6.07, 6.45) is 1.43. The molecule has 6 nitrogen and oxygen atoms in total. The van der Waals surface area contributed by atoms with Crippen LogP contribution in [0.15, 0.2) is 36.5 Å². The summed E-state index contributed by atoms with van der Waals surface area (Å²) >= 11 is 11.7. The fourth-order valence-electron chi connectivity index (χ4n) is 2.25. The van der Waals surface area contributed by atoms with Gasteiger partial charge in [0.15, 0.2) is 0 Å². The van der Waals surface area contributed by atoms with Crippen molar-refractivity contribution in [2.75, 3.05) is 25.5 Å². The molecule has 1 aliphatic heterocycles. The van der Waals surface area contributed by atoms with Gasteiger partial charge in [-0.3, -0.25) is 0 Å². The number of halogens is 2. The van der Waals surface area contributed by atoms with Crippen molar-refractivity contribution in [1.29, 1.82) is 0 Å². The lowest BCUT2D eigenvalue weighted by Gasteiger charge is -2.38. The monoisotopic (exact) mass is 367 g/mol. The van der Waals surface area contributed by atoms with E-state index in [-0.39, 0.29) is 12.1 Å². The Morgan fingerprint density at radius 2 is 2.00 bits per heavy atom. The molecular formula is C16H15Cl2N3O3. The van der Waals surface area contributed by atoms with Gasteiger partial charge in [0.1, 0.15) is 11.9 Å². The molecule has 0 unspecified atom stereocenters. The Kier molecular flexibility index (Phi) is 4.97. The molecule has 1 saturated heterocycles. The van der Waals surface area contributed by atoms with E-state index in [1.54, 1.807) is 35.2 Å². The van der Waals surface area contributed by atoms with Crippen LogP contribution in [-0.2, 0) is 0 Å². The minimum Gasteiger partial charge on any atom is -0.495 e. The lowest BCUT2D eigenvalue weighted by atomic mass is 10.2. The van der Waals surface area contributed by atoms with Crippen LogP contribution in [0, 0.1) is 0 Å². The van der Waals surface area contributed by atoms with Crippen LogP contribution >= 0.6 is 23.2 Å². The molecule has 126 valence electrons. The number of rotatable bonds is 4. The van der Waals surface area contributed by atoms with Crippen LogP contribution < -0.4 is 14.8 Å². The van der Waals surface area contributed by atoms with Crippen LogP contribution in [0.5, 0.6) is 11.6 Å². The molecule has 8 heteroatoms. The first kappa shape index (κ1) is 16.7. The maximum absolute atomic E-state index is 12.2. The quantitative estimate of drug-likeness (QED) is 0.894. The van der Waals surface area contributed by atoms with E-state index in [0.717, 1.165) is 0 Å². The van der Waals surface area contributed by atoms with Gasteiger partial charge in [-0.2, -0.15) is 0 Å². The Hall–Kier alpha value is -2.18. The summed E-state index contributed by atoms with van der Waals surface area (Å²) in [4.78, 5) is 17.9. The highest BCUT2D eigenvalue weighted by atomic mass is 35.5. The average Bonchev–Trinajstić information content (AvgIpc) is 2.52. The minimum atomic E-state index is -0.237. The Bertz CT molecular complexity index is 734. The van der Waals surface area contributed by atoms with Gasteiger partial charge in [0.2, 0.25) is 5.88 Å². The van der Waals surface area contributed by atoms with E-state index in [4.69, 9.17) is 32.7 Å². The zero-order chi connectivity index (χ0) is 17.1. The Morgan fingerprint density at radius 1 is 1.25 bits per heavy atom. The standard InChI is InChI=1S/C16H15Cl2N3O3/c1-23-14-4-2-10(17)6-13(14)20-16(22)21-8-12(9-21)24-15-5-3-11(18)7-19-15/h2-7,12H,8-9H2,1H3,(H,20,22). The molecule has 3 rings (SSSR count). The van der Waals surface area contributed by atoms with Crippen molar-refractivity contribution in [3.8, 4) is 11.6 Å². The van der Waals surface area contributed by atoms with Crippen molar-refractivity contribution in [3.63, 3.8) is 0 Å². The second kappa shape index (κ2) is 7.15. The molecule has 1 aliphatic rings. The zero-order valence-corrected chi connectivity index (χ0v) is 14.3.